The summed E-state index contributed by atoms with van der Waals surface area (Å²) in [6.07, 6.45) is -4.83. The molecule has 0 bridgehead atoms. The monoisotopic (exact) mass is 270 g/mol. The van der Waals surface area contributed by atoms with Gasteiger partial charge >= 0.3 is 12.1 Å². The number of carboxylic acids is 1. The Kier molecular flexibility index (Phi) is 3.71. The molecule has 1 aromatic heterocycles. The van der Waals surface area contributed by atoms with Crippen LogP contribution in [-0.4, -0.2) is 20.9 Å². The van der Waals surface area contributed by atoms with Crippen LogP contribution in [0.3, 0.4) is 0 Å². The minimum absolute atomic E-state index is 0.00451. The summed E-state index contributed by atoms with van der Waals surface area (Å²) in [6.45, 7) is 3.63. The van der Waals surface area contributed by atoms with Crippen molar-refractivity contribution in [3.05, 3.63) is 16.4 Å². The highest BCUT2D eigenvalue weighted by Gasteiger charge is 2.41. The highest BCUT2D eigenvalue weighted by molar-refractivity contribution is 6.32. The van der Waals surface area contributed by atoms with E-state index < -0.39 is 28.6 Å². The van der Waals surface area contributed by atoms with Crippen molar-refractivity contribution < 1.29 is 23.1 Å². The summed E-state index contributed by atoms with van der Waals surface area (Å²) >= 11 is 5.59. The van der Waals surface area contributed by atoms with Gasteiger partial charge < -0.3 is 5.11 Å². The predicted octanol–water partition coefficient (Wildman–Crippen LogP) is 2.91. The van der Waals surface area contributed by atoms with Gasteiger partial charge in [0.25, 0.3) is 0 Å². The van der Waals surface area contributed by atoms with E-state index in [2.05, 4.69) is 5.10 Å². The van der Waals surface area contributed by atoms with Gasteiger partial charge in [0, 0.05) is 6.54 Å². The van der Waals surface area contributed by atoms with Crippen molar-refractivity contribution >= 4 is 17.6 Å². The van der Waals surface area contributed by atoms with Crippen LogP contribution in [0.5, 0.6) is 0 Å². The fourth-order valence-corrected chi connectivity index (χ4v) is 1.57. The van der Waals surface area contributed by atoms with Gasteiger partial charge in [-0.05, 0) is 5.92 Å². The first-order valence-corrected chi connectivity index (χ1v) is 5.09. The van der Waals surface area contributed by atoms with Gasteiger partial charge in [0.1, 0.15) is 10.7 Å². The second kappa shape index (κ2) is 4.56. The van der Waals surface area contributed by atoms with Crippen LogP contribution < -0.4 is 0 Å². The normalized spacial score (nSPS) is 12.2. The van der Waals surface area contributed by atoms with Crippen LogP contribution in [-0.2, 0) is 12.7 Å². The zero-order valence-electron chi connectivity index (χ0n) is 9.05. The molecule has 0 unspecified atom stereocenters. The first-order chi connectivity index (χ1) is 7.64. The molecule has 0 fully saturated rings. The molecule has 17 heavy (non-hydrogen) atoms. The van der Waals surface area contributed by atoms with Crippen LogP contribution in [0.15, 0.2) is 0 Å². The van der Waals surface area contributed by atoms with Gasteiger partial charge in [0.15, 0.2) is 5.69 Å². The van der Waals surface area contributed by atoms with Gasteiger partial charge in [-0.1, -0.05) is 25.4 Å². The molecule has 4 nitrogen and oxygen atoms in total. The van der Waals surface area contributed by atoms with E-state index in [1.165, 1.54) is 0 Å². The molecule has 1 aromatic rings. The van der Waals surface area contributed by atoms with E-state index in [4.69, 9.17) is 16.7 Å². The van der Waals surface area contributed by atoms with Crippen molar-refractivity contribution in [2.75, 3.05) is 0 Å². The summed E-state index contributed by atoms with van der Waals surface area (Å²) in [4.78, 5) is 10.8. The number of aromatic nitrogens is 2. The number of carboxylic acid groups (broad SMARTS) is 1. The molecule has 1 heterocycles. The average molecular weight is 271 g/mol. The number of alkyl halides is 3. The van der Waals surface area contributed by atoms with E-state index in [1.54, 1.807) is 13.8 Å². The Bertz CT molecular complexity index is 440. The van der Waals surface area contributed by atoms with E-state index in [-0.39, 0.29) is 12.5 Å². The molecule has 1 N–H and O–H groups in total. The first-order valence-electron chi connectivity index (χ1n) is 4.71. The van der Waals surface area contributed by atoms with Crippen molar-refractivity contribution in [3.8, 4) is 0 Å². The first kappa shape index (κ1) is 13.8. The zero-order valence-corrected chi connectivity index (χ0v) is 9.80. The summed E-state index contributed by atoms with van der Waals surface area (Å²) in [5, 5.41) is 11.4. The number of hydrogen-bond acceptors (Lipinski definition) is 2. The van der Waals surface area contributed by atoms with Crippen molar-refractivity contribution in [3.63, 3.8) is 0 Å². The van der Waals surface area contributed by atoms with E-state index in [1.807, 2.05) is 0 Å². The number of rotatable bonds is 3. The lowest BCUT2D eigenvalue weighted by Crippen LogP contribution is -2.12. The molecule has 0 radical (unpaired) electrons. The average Bonchev–Trinajstić information content (AvgIpc) is 2.42. The van der Waals surface area contributed by atoms with Crippen LogP contribution in [0.1, 0.15) is 29.9 Å². The topological polar surface area (TPSA) is 55.1 Å². The molecular formula is C9H10ClF3N2O2. The van der Waals surface area contributed by atoms with Gasteiger partial charge in [0.05, 0.1) is 0 Å². The van der Waals surface area contributed by atoms with Crippen molar-refractivity contribution in [1.82, 2.24) is 9.78 Å². The molecule has 96 valence electrons. The molecule has 0 aliphatic rings. The van der Waals surface area contributed by atoms with Gasteiger partial charge in [-0.3, -0.25) is 4.68 Å². The second-order valence-electron chi connectivity index (χ2n) is 3.89. The van der Waals surface area contributed by atoms with Gasteiger partial charge in [-0.2, -0.15) is 18.3 Å². The third-order valence-corrected chi connectivity index (χ3v) is 2.29. The zero-order chi connectivity index (χ0) is 13.4. The lowest BCUT2D eigenvalue weighted by atomic mass is 10.2. The third-order valence-electron chi connectivity index (χ3n) is 1.91. The Balaban J connectivity index is 3.35. The summed E-state index contributed by atoms with van der Waals surface area (Å²) in [5.74, 6) is -1.74. The Morgan fingerprint density at radius 3 is 2.35 bits per heavy atom. The lowest BCUT2D eigenvalue weighted by Gasteiger charge is -2.05. The standard InChI is InChI=1S/C9H10ClF3N2O2/c1-4(2)3-15-7(10)5(8(16)17)6(14-15)9(11,12)13/h4H,3H2,1-2H3,(H,16,17). The van der Waals surface area contributed by atoms with E-state index in [0.29, 0.717) is 0 Å². The van der Waals surface area contributed by atoms with E-state index in [0.717, 1.165) is 4.68 Å². The minimum atomic E-state index is -4.83. The predicted molar refractivity (Wildman–Crippen MR) is 54.0 cm³/mol. The highest BCUT2D eigenvalue weighted by atomic mass is 35.5. The van der Waals surface area contributed by atoms with Gasteiger partial charge in [-0.15, -0.1) is 0 Å². The summed E-state index contributed by atoms with van der Waals surface area (Å²) in [6, 6.07) is 0. The Labute approximate surface area is 100.0 Å². The molecule has 0 saturated heterocycles. The molecule has 0 atom stereocenters. The van der Waals surface area contributed by atoms with Gasteiger partial charge in [-0.25, -0.2) is 4.79 Å². The fraction of sp³-hybridized carbons (Fsp3) is 0.556. The number of halogens is 4. The smallest absolute Gasteiger partial charge is 0.436 e. The van der Waals surface area contributed by atoms with Crippen molar-refractivity contribution in [2.24, 2.45) is 5.92 Å². The quantitative estimate of drug-likeness (QED) is 0.919. The molecule has 0 saturated carbocycles. The molecule has 0 amide bonds. The van der Waals surface area contributed by atoms with Crippen LogP contribution in [0.25, 0.3) is 0 Å². The third kappa shape index (κ3) is 2.91. The van der Waals surface area contributed by atoms with Gasteiger partial charge in [0.2, 0.25) is 0 Å². The van der Waals surface area contributed by atoms with Crippen LogP contribution >= 0.6 is 11.6 Å². The number of carbonyl (C=O) groups is 1. The minimum Gasteiger partial charge on any atom is -0.478 e. The fourth-order valence-electron chi connectivity index (χ4n) is 1.30. The lowest BCUT2D eigenvalue weighted by molar-refractivity contribution is -0.142. The molecule has 8 heteroatoms. The maximum atomic E-state index is 12.5. The highest BCUT2D eigenvalue weighted by Crippen LogP contribution is 2.34. The van der Waals surface area contributed by atoms with Crippen molar-refractivity contribution in [2.45, 2.75) is 26.6 Å². The summed E-state index contributed by atoms with van der Waals surface area (Å²) < 4.78 is 38.5. The molecule has 0 aromatic carbocycles. The van der Waals surface area contributed by atoms with Crippen molar-refractivity contribution in [1.29, 1.82) is 0 Å². The number of nitrogens with zero attached hydrogens (tertiary/aromatic N) is 2. The Morgan fingerprint density at radius 1 is 1.53 bits per heavy atom. The Morgan fingerprint density at radius 2 is 2.06 bits per heavy atom. The maximum absolute atomic E-state index is 12.5. The number of aromatic carboxylic acids is 1. The largest absolute Gasteiger partial charge is 0.478 e. The Hall–Kier alpha value is -1.24. The second-order valence-corrected chi connectivity index (χ2v) is 4.25. The van der Waals surface area contributed by atoms with Crippen LogP contribution in [0.4, 0.5) is 13.2 Å². The molecule has 0 aliphatic carbocycles. The molecular weight excluding hydrogens is 261 g/mol. The van der Waals surface area contributed by atoms with Crippen LogP contribution in [0.2, 0.25) is 5.15 Å². The van der Waals surface area contributed by atoms with E-state index in [9.17, 15) is 18.0 Å². The SMILES string of the molecule is CC(C)Cn1nc(C(F)(F)F)c(C(=O)O)c1Cl. The maximum Gasteiger partial charge on any atom is 0.436 e. The van der Waals surface area contributed by atoms with Crippen LogP contribution in [0, 0.1) is 5.92 Å². The summed E-state index contributed by atoms with van der Waals surface area (Å²) in [7, 11) is 0. The van der Waals surface area contributed by atoms with E-state index >= 15 is 0 Å². The molecule has 0 spiro atoms. The molecule has 0 aliphatic heterocycles. The molecule has 1 rings (SSSR count). The number of hydrogen-bond donors (Lipinski definition) is 1. The summed E-state index contributed by atoms with van der Waals surface area (Å²) in [5.41, 5.74) is -2.46.